The Kier molecular flexibility index (Phi) is 3.31. The minimum Gasteiger partial charge on any atom is -0.478 e. The summed E-state index contributed by atoms with van der Waals surface area (Å²) in [7, 11) is 0. The number of carboxylic acids is 1. The summed E-state index contributed by atoms with van der Waals surface area (Å²) in [4.78, 5) is 15.4. The number of aromatic nitrogens is 1. The number of benzene rings is 2. The number of aryl methyl sites for hydroxylation is 1. The van der Waals surface area contributed by atoms with Gasteiger partial charge in [-0.2, -0.15) is 0 Å². The number of aromatic carboxylic acids is 1. The van der Waals surface area contributed by atoms with Crippen molar-refractivity contribution in [2.24, 2.45) is 0 Å². The van der Waals surface area contributed by atoms with Gasteiger partial charge in [-0.25, -0.2) is 9.78 Å². The number of carbonyl (C=O) groups is 1. The van der Waals surface area contributed by atoms with Gasteiger partial charge in [0.1, 0.15) is 5.76 Å². The summed E-state index contributed by atoms with van der Waals surface area (Å²) in [6, 6.07) is 10.8. The number of rotatable bonds is 4. The fourth-order valence-electron chi connectivity index (χ4n) is 2.29. The topological polar surface area (TPSA) is 75.4 Å². The normalized spacial score (nSPS) is 10.7. The van der Waals surface area contributed by atoms with Crippen LogP contribution in [0, 0.1) is 6.92 Å². The molecule has 0 saturated heterocycles. The van der Waals surface area contributed by atoms with E-state index in [2.05, 4.69) is 10.3 Å². The van der Waals surface area contributed by atoms with Crippen molar-refractivity contribution < 1.29 is 14.3 Å². The molecule has 0 unspecified atom stereocenters. The van der Waals surface area contributed by atoms with Crippen LogP contribution in [0.3, 0.4) is 0 Å². The molecule has 0 spiro atoms. The van der Waals surface area contributed by atoms with Gasteiger partial charge in [-0.15, -0.1) is 0 Å². The summed E-state index contributed by atoms with van der Waals surface area (Å²) in [5.41, 5.74) is 1.15. The zero-order chi connectivity index (χ0) is 14.8. The molecule has 0 fully saturated rings. The highest BCUT2D eigenvalue weighted by Gasteiger charge is 2.11. The molecule has 1 heterocycles. The number of nitrogens with zero attached hydrogens (tertiary/aromatic N) is 1. The van der Waals surface area contributed by atoms with Crippen molar-refractivity contribution in [1.29, 1.82) is 0 Å². The molecule has 0 amide bonds. The van der Waals surface area contributed by atoms with Crippen LogP contribution in [0.25, 0.3) is 10.8 Å². The Morgan fingerprint density at radius 1 is 1.24 bits per heavy atom. The summed E-state index contributed by atoms with van der Waals surface area (Å²) in [5, 5.41) is 14.0. The highest BCUT2D eigenvalue weighted by molar-refractivity contribution is 6.07. The van der Waals surface area contributed by atoms with Crippen LogP contribution in [0.2, 0.25) is 0 Å². The van der Waals surface area contributed by atoms with Gasteiger partial charge >= 0.3 is 5.97 Å². The maximum Gasteiger partial charge on any atom is 0.336 e. The number of hydrogen-bond acceptors (Lipinski definition) is 4. The Bertz CT molecular complexity index is 808. The molecule has 21 heavy (non-hydrogen) atoms. The third kappa shape index (κ3) is 2.58. The Morgan fingerprint density at radius 3 is 2.67 bits per heavy atom. The first-order chi connectivity index (χ1) is 10.1. The lowest BCUT2D eigenvalue weighted by Crippen LogP contribution is -2.03. The predicted molar refractivity (Wildman–Crippen MR) is 79.5 cm³/mol. The largest absolute Gasteiger partial charge is 0.478 e. The third-order valence-corrected chi connectivity index (χ3v) is 3.25. The van der Waals surface area contributed by atoms with Crippen LogP contribution in [-0.2, 0) is 6.54 Å². The molecule has 1 aromatic heterocycles. The number of oxazole rings is 1. The van der Waals surface area contributed by atoms with E-state index in [9.17, 15) is 9.90 Å². The second kappa shape index (κ2) is 5.28. The molecule has 5 heteroatoms. The number of nitrogens with one attached hydrogen (secondary N) is 1. The van der Waals surface area contributed by atoms with Crippen molar-refractivity contribution in [2.45, 2.75) is 13.5 Å². The molecule has 3 rings (SSSR count). The molecule has 0 atom stereocenters. The van der Waals surface area contributed by atoms with Crippen LogP contribution in [0.15, 0.2) is 47.0 Å². The molecule has 2 N–H and O–H groups in total. The molecule has 2 aromatic carbocycles. The van der Waals surface area contributed by atoms with Gasteiger partial charge in [-0.1, -0.05) is 24.3 Å². The minimum absolute atomic E-state index is 0.295. The first-order valence-electron chi connectivity index (χ1n) is 6.55. The first kappa shape index (κ1) is 13.2. The molecule has 0 aliphatic carbocycles. The zero-order valence-electron chi connectivity index (χ0n) is 11.5. The highest BCUT2D eigenvalue weighted by atomic mass is 16.4. The van der Waals surface area contributed by atoms with Crippen LogP contribution >= 0.6 is 0 Å². The Hall–Kier alpha value is -2.82. The van der Waals surface area contributed by atoms with Crippen LogP contribution in [0.5, 0.6) is 0 Å². The zero-order valence-corrected chi connectivity index (χ0v) is 11.5. The Labute approximate surface area is 121 Å². The molecule has 0 radical (unpaired) electrons. The van der Waals surface area contributed by atoms with Crippen LogP contribution in [0.4, 0.5) is 5.69 Å². The van der Waals surface area contributed by atoms with Crippen molar-refractivity contribution in [3.05, 3.63) is 59.8 Å². The number of anilines is 1. The van der Waals surface area contributed by atoms with Crippen molar-refractivity contribution in [3.8, 4) is 0 Å². The van der Waals surface area contributed by atoms with Gasteiger partial charge in [0.25, 0.3) is 0 Å². The van der Waals surface area contributed by atoms with E-state index in [4.69, 9.17) is 4.42 Å². The van der Waals surface area contributed by atoms with Crippen molar-refractivity contribution in [1.82, 2.24) is 4.98 Å². The molecule has 3 aromatic rings. The number of fused-ring (bicyclic) bond motifs is 1. The van der Waals surface area contributed by atoms with Crippen LogP contribution < -0.4 is 5.32 Å². The van der Waals surface area contributed by atoms with E-state index in [-0.39, 0.29) is 0 Å². The van der Waals surface area contributed by atoms with Gasteiger partial charge in [0.15, 0.2) is 0 Å². The van der Waals surface area contributed by atoms with E-state index in [1.807, 2.05) is 25.1 Å². The minimum atomic E-state index is -0.930. The van der Waals surface area contributed by atoms with Gasteiger partial charge in [-0.3, -0.25) is 0 Å². The molecular weight excluding hydrogens is 268 g/mol. The number of carboxylic acid groups (broad SMARTS) is 1. The lowest BCUT2D eigenvalue weighted by atomic mass is 10.0. The molecule has 5 nitrogen and oxygen atoms in total. The van der Waals surface area contributed by atoms with Crippen molar-refractivity contribution in [3.63, 3.8) is 0 Å². The molecule has 0 aliphatic heterocycles. The second-order valence-electron chi connectivity index (χ2n) is 4.73. The van der Waals surface area contributed by atoms with Gasteiger partial charge in [0, 0.05) is 11.1 Å². The fraction of sp³-hybridized carbons (Fsp3) is 0.125. The van der Waals surface area contributed by atoms with Gasteiger partial charge in [0.05, 0.1) is 18.3 Å². The average Bonchev–Trinajstić information content (AvgIpc) is 2.90. The Balaban J connectivity index is 1.96. The van der Waals surface area contributed by atoms with E-state index in [0.29, 0.717) is 23.4 Å². The smallest absolute Gasteiger partial charge is 0.336 e. The summed E-state index contributed by atoms with van der Waals surface area (Å²) in [6.45, 7) is 2.29. The lowest BCUT2D eigenvalue weighted by molar-refractivity contribution is 0.0699. The second-order valence-corrected chi connectivity index (χ2v) is 4.73. The maximum absolute atomic E-state index is 11.3. The molecule has 0 aliphatic rings. The number of hydrogen-bond donors (Lipinski definition) is 2. The molecular formula is C16H14N2O3. The summed E-state index contributed by atoms with van der Waals surface area (Å²) in [5.74, 6) is 0.429. The van der Waals surface area contributed by atoms with Gasteiger partial charge in [-0.05, 0) is 24.4 Å². The van der Waals surface area contributed by atoms with Crippen molar-refractivity contribution in [2.75, 3.05) is 5.32 Å². The van der Waals surface area contributed by atoms with Gasteiger partial charge < -0.3 is 14.8 Å². The van der Waals surface area contributed by atoms with Crippen molar-refractivity contribution >= 4 is 22.4 Å². The third-order valence-electron chi connectivity index (χ3n) is 3.25. The SMILES string of the molecule is Cc1cnc(CNc2ccc(C(=O)O)c3ccccc23)o1. The van der Waals surface area contributed by atoms with Crippen LogP contribution in [-0.4, -0.2) is 16.1 Å². The lowest BCUT2D eigenvalue weighted by Gasteiger charge is -2.10. The standard InChI is InChI=1S/C16H14N2O3/c1-10-8-18-15(21-10)9-17-14-7-6-13(16(19)20)11-4-2-3-5-12(11)14/h2-8,17H,9H2,1H3,(H,19,20). The monoisotopic (exact) mass is 282 g/mol. The average molecular weight is 282 g/mol. The van der Waals surface area contributed by atoms with Gasteiger partial charge in [0.2, 0.25) is 5.89 Å². The molecule has 0 saturated carbocycles. The maximum atomic E-state index is 11.3. The summed E-state index contributed by atoms with van der Waals surface area (Å²) < 4.78 is 5.41. The van der Waals surface area contributed by atoms with E-state index in [0.717, 1.165) is 16.8 Å². The highest BCUT2D eigenvalue weighted by Crippen LogP contribution is 2.27. The summed E-state index contributed by atoms with van der Waals surface area (Å²) >= 11 is 0. The van der Waals surface area contributed by atoms with E-state index >= 15 is 0 Å². The Morgan fingerprint density at radius 2 is 2.00 bits per heavy atom. The van der Waals surface area contributed by atoms with E-state index in [1.54, 1.807) is 24.4 Å². The predicted octanol–water partition coefficient (Wildman–Crippen LogP) is 3.45. The summed E-state index contributed by atoms with van der Waals surface area (Å²) in [6.07, 6.45) is 1.67. The van der Waals surface area contributed by atoms with E-state index in [1.165, 1.54) is 0 Å². The fourth-order valence-corrected chi connectivity index (χ4v) is 2.29. The quantitative estimate of drug-likeness (QED) is 0.766. The van der Waals surface area contributed by atoms with Crippen LogP contribution in [0.1, 0.15) is 22.0 Å². The first-order valence-corrected chi connectivity index (χ1v) is 6.55. The van der Waals surface area contributed by atoms with E-state index < -0.39 is 5.97 Å². The molecule has 0 bridgehead atoms. The molecule has 106 valence electrons.